The zero-order valence-corrected chi connectivity index (χ0v) is 6.99. The summed E-state index contributed by atoms with van der Waals surface area (Å²) < 4.78 is 0. The van der Waals surface area contributed by atoms with Gasteiger partial charge in [0.2, 0.25) is 0 Å². The van der Waals surface area contributed by atoms with Crippen LogP contribution in [-0.4, -0.2) is 36.9 Å². The van der Waals surface area contributed by atoms with Crippen molar-refractivity contribution in [1.29, 1.82) is 0 Å². The molecule has 0 aromatic rings. The summed E-state index contributed by atoms with van der Waals surface area (Å²) in [5.74, 6) is 0. The number of hydrogen-bond donors (Lipinski definition) is 0. The number of aliphatic imine (C=N–C) groups is 1. The molecule has 0 saturated carbocycles. The molecule has 1 heterocycles. The number of rotatable bonds is 0. The predicted octanol–water partition coefficient (Wildman–Crippen LogP) is 0.877. The first kappa shape index (κ1) is 7.85. The van der Waals surface area contributed by atoms with Crippen molar-refractivity contribution in [2.24, 2.45) is 4.99 Å². The molecule has 0 aromatic carbocycles. The standard InChI is InChI=1S/C8H13N3/c1-8-4-5-10(2)6-9-7-11(8)3/h4-5,7H,1,6H2,2-3H3. The van der Waals surface area contributed by atoms with Gasteiger partial charge in [0.25, 0.3) is 0 Å². The van der Waals surface area contributed by atoms with E-state index in [0.717, 1.165) is 5.70 Å². The Kier molecular flexibility index (Phi) is 2.31. The lowest BCUT2D eigenvalue weighted by Gasteiger charge is -2.18. The molecule has 0 aromatic heterocycles. The Morgan fingerprint density at radius 2 is 2.27 bits per heavy atom. The third kappa shape index (κ3) is 2.11. The molecule has 0 fully saturated rings. The Labute approximate surface area is 67.3 Å². The van der Waals surface area contributed by atoms with Gasteiger partial charge in [-0.15, -0.1) is 0 Å². The topological polar surface area (TPSA) is 18.8 Å². The molecule has 3 heteroatoms. The maximum absolute atomic E-state index is 4.16. The highest BCUT2D eigenvalue weighted by molar-refractivity contribution is 5.58. The molecule has 1 aliphatic heterocycles. The van der Waals surface area contributed by atoms with Gasteiger partial charge in [-0.1, -0.05) is 6.58 Å². The largest absolute Gasteiger partial charge is 0.361 e. The second kappa shape index (κ2) is 3.23. The van der Waals surface area contributed by atoms with E-state index in [1.807, 2.05) is 36.2 Å². The van der Waals surface area contributed by atoms with Crippen molar-refractivity contribution < 1.29 is 0 Å². The van der Waals surface area contributed by atoms with Crippen LogP contribution in [0.1, 0.15) is 0 Å². The zero-order valence-electron chi connectivity index (χ0n) is 6.99. The predicted molar refractivity (Wildman–Crippen MR) is 47.2 cm³/mol. The number of hydrogen-bond acceptors (Lipinski definition) is 3. The second-order valence-corrected chi connectivity index (χ2v) is 2.61. The molecule has 60 valence electrons. The van der Waals surface area contributed by atoms with Crippen molar-refractivity contribution in [3.05, 3.63) is 24.6 Å². The summed E-state index contributed by atoms with van der Waals surface area (Å²) in [5, 5.41) is 0. The van der Waals surface area contributed by atoms with E-state index in [2.05, 4.69) is 11.6 Å². The van der Waals surface area contributed by atoms with E-state index in [1.54, 1.807) is 6.34 Å². The Bertz CT molecular complexity index is 205. The summed E-state index contributed by atoms with van der Waals surface area (Å²) in [4.78, 5) is 8.05. The fraction of sp³-hybridized carbons (Fsp3) is 0.375. The summed E-state index contributed by atoms with van der Waals surface area (Å²) >= 11 is 0. The fourth-order valence-electron chi connectivity index (χ4n) is 0.740. The van der Waals surface area contributed by atoms with Crippen LogP contribution in [0, 0.1) is 0 Å². The highest BCUT2D eigenvalue weighted by atomic mass is 15.2. The van der Waals surface area contributed by atoms with Crippen LogP contribution < -0.4 is 0 Å². The van der Waals surface area contributed by atoms with Crippen LogP contribution in [0.15, 0.2) is 29.5 Å². The highest BCUT2D eigenvalue weighted by Gasteiger charge is 1.97. The van der Waals surface area contributed by atoms with Gasteiger partial charge in [-0.3, -0.25) is 4.99 Å². The summed E-state index contributed by atoms with van der Waals surface area (Å²) in [6.45, 7) is 4.56. The first-order valence-corrected chi connectivity index (χ1v) is 3.50. The molecule has 1 aliphatic rings. The van der Waals surface area contributed by atoms with Gasteiger partial charge in [0.1, 0.15) is 6.67 Å². The Hall–Kier alpha value is -1.25. The molecular weight excluding hydrogens is 138 g/mol. The zero-order chi connectivity index (χ0) is 8.27. The molecule has 0 amide bonds. The maximum atomic E-state index is 4.16. The summed E-state index contributed by atoms with van der Waals surface area (Å²) in [5.41, 5.74) is 0.945. The molecule has 0 radical (unpaired) electrons. The first-order chi connectivity index (χ1) is 5.20. The van der Waals surface area contributed by atoms with E-state index in [4.69, 9.17) is 0 Å². The molecule has 0 unspecified atom stereocenters. The van der Waals surface area contributed by atoms with Crippen LogP contribution in [-0.2, 0) is 0 Å². The lowest BCUT2D eigenvalue weighted by Crippen LogP contribution is -2.19. The minimum absolute atomic E-state index is 0.702. The molecule has 0 N–H and O–H groups in total. The van der Waals surface area contributed by atoms with Crippen LogP contribution >= 0.6 is 0 Å². The van der Waals surface area contributed by atoms with Crippen molar-refractivity contribution in [3.63, 3.8) is 0 Å². The van der Waals surface area contributed by atoms with E-state index >= 15 is 0 Å². The second-order valence-electron chi connectivity index (χ2n) is 2.61. The molecule has 0 aliphatic carbocycles. The summed E-state index contributed by atoms with van der Waals surface area (Å²) in [6, 6.07) is 0. The van der Waals surface area contributed by atoms with E-state index in [-0.39, 0.29) is 0 Å². The Morgan fingerprint density at radius 3 is 3.00 bits per heavy atom. The van der Waals surface area contributed by atoms with Gasteiger partial charge in [-0.05, 0) is 6.08 Å². The van der Waals surface area contributed by atoms with Crippen molar-refractivity contribution in [2.45, 2.75) is 0 Å². The van der Waals surface area contributed by atoms with Crippen LogP contribution in [0.5, 0.6) is 0 Å². The Morgan fingerprint density at radius 1 is 1.55 bits per heavy atom. The van der Waals surface area contributed by atoms with Gasteiger partial charge in [0, 0.05) is 26.0 Å². The monoisotopic (exact) mass is 151 g/mol. The van der Waals surface area contributed by atoms with Gasteiger partial charge in [0.15, 0.2) is 0 Å². The lowest BCUT2D eigenvalue weighted by atomic mass is 10.4. The number of allylic oxidation sites excluding steroid dienone is 1. The number of likely N-dealkylation sites (N-methyl/N-ethyl adjacent to an activating group) is 1. The van der Waals surface area contributed by atoms with Gasteiger partial charge < -0.3 is 9.80 Å². The quantitative estimate of drug-likeness (QED) is 0.511. The van der Waals surface area contributed by atoms with E-state index in [1.165, 1.54) is 0 Å². The molecule has 1 rings (SSSR count). The lowest BCUT2D eigenvalue weighted by molar-refractivity contribution is 0.463. The third-order valence-electron chi connectivity index (χ3n) is 1.53. The van der Waals surface area contributed by atoms with Crippen molar-refractivity contribution in [2.75, 3.05) is 20.8 Å². The average Bonchev–Trinajstić information content (AvgIpc) is 1.98. The summed E-state index contributed by atoms with van der Waals surface area (Å²) in [6.07, 6.45) is 5.71. The fourth-order valence-corrected chi connectivity index (χ4v) is 0.740. The van der Waals surface area contributed by atoms with E-state index in [9.17, 15) is 0 Å². The maximum Gasteiger partial charge on any atom is 0.111 e. The SMILES string of the molecule is C=C1C=CN(C)CN=CN1C. The van der Waals surface area contributed by atoms with Crippen molar-refractivity contribution in [3.8, 4) is 0 Å². The normalized spacial score (nSPS) is 18.5. The first-order valence-electron chi connectivity index (χ1n) is 3.50. The van der Waals surface area contributed by atoms with Crippen molar-refractivity contribution >= 4 is 6.34 Å². The third-order valence-corrected chi connectivity index (χ3v) is 1.53. The van der Waals surface area contributed by atoms with Crippen LogP contribution in [0.3, 0.4) is 0 Å². The van der Waals surface area contributed by atoms with Gasteiger partial charge in [-0.25, -0.2) is 0 Å². The van der Waals surface area contributed by atoms with E-state index < -0.39 is 0 Å². The highest BCUT2D eigenvalue weighted by Crippen LogP contribution is 2.01. The minimum Gasteiger partial charge on any atom is -0.361 e. The molecular formula is C8H13N3. The molecule has 0 spiro atoms. The molecule has 0 atom stereocenters. The van der Waals surface area contributed by atoms with Crippen molar-refractivity contribution in [1.82, 2.24) is 9.80 Å². The van der Waals surface area contributed by atoms with Gasteiger partial charge >= 0.3 is 0 Å². The molecule has 11 heavy (non-hydrogen) atoms. The van der Waals surface area contributed by atoms with Crippen LogP contribution in [0.25, 0.3) is 0 Å². The van der Waals surface area contributed by atoms with E-state index in [0.29, 0.717) is 6.67 Å². The summed E-state index contributed by atoms with van der Waals surface area (Å²) in [7, 11) is 3.91. The molecule has 0 saturated heterocycles. The van der Waals surface area contributed by atoms with Gasteiger partial charge in [0.05, 0.1) is 6.34 Å². The molecule has 0 bridgehead atoms. The van der Waals surface area contributed by atoms with Crippen LogP contribution in [0.2, 0.25) is 0 Å². The molecule has 3 nitrogen and oxygen atoms in total. The Balaban J connectivity index is 2.70. The number of nitrogens with zero attached hydrogens (tertiary/aromatic N) is 3. The average molecular weight is 151 g/mol. The minimum atomic E-state index is 0.702. The van der Waals surface area contributed by atoms with Gasteiger partial charge in [-0.2, -0.15) is 0 Å². The van der Waals surface area contributed by atoms with Crippen LogP contribution in [0.4, 0.5) is 0 Å². The smallest absolute Gasteiger partial charge is 0.111 e.